The summed E-state index contributed by atoms with van der Waals surface area (Å²) in [4.78, 5) is 27.3. The first-order chi connectivity index (χ1) is 12.1. The van der Waals surface area contributed by atoms with Crippen LogP contribution in [0.5, 0.6) is 0 Å². The number of rotatable bonds is 6. The van der Waals surface area contributed by atoms with Crippen LogP contribution in [0.2, 0.25) is 0 Å². The molecule has 1 aromatic rings. The van der Waals surface area contributed by atoms with Crippen LogP contribution in [0.25, 0.3) is 0 Å². The van der Waals surface area contributed by atoms with Gasteiger partial charge in [0.1, 0.15) is 36.8 Å². The van der Waals surface area contributed by atoms with Gasteiger partial charge in [-0.2, -0.15) is 4.98 Å². The third kappa shape index (κ3) is 3.54. The number of anilines is 1. The molecule has 0 spiro atoms. The van der Waals surface area contributed by atoms with Gasteiger partial charge in [-0.15, -0.1) is 11.6 Å². The van der Waals surface area contributed by atoms with Gasteiger partial charge in [0.15, 0.2) is 0 Å². The number of hydrogen-bond acceptors (Lipinski definition) is 8. The normalized spacial score (nSPS) is 29.7. The molecule has 5 N–H and O–H groups in total. The molecule has 0 saturated carbocycles. The number of esters is 1. The van der Waals surface area contributed by atoms with Gasteiger partial charge in [0.25, 0.3) is 0 Å². The van der Waals surface area contributed by atoms with Gasteiger partial charge in [-0.1, -0.05) is 13.8 Å². The van der Waals surface area contributed by atoms with E-state index in [1.165, 1.54) is 6.07 Å². The van der Waals surface area contributed by atoms with Crippen molar-refractivity contribution in [3.63, 3.8) is 0 Å². The maximum atomic E-state index is 15.4. The van der Waals surface area contributed by atoms with E-state index in [0.29, 0.717) is 4.57 Å². The molecule has 1 aliphatic heterocycles. The second-order valence-electron chi connectivity index (χ2n) is 6.59. The van der Waals surface area contributed by atoms with Crippen molar-refractivity contribution in [1.29, 1.82) is 0 Å². The Morgan fingerprint density at radius 1 is 1.65 bits per heavy atom. The van der Waals surface area contributed by atoms with Crippen molar-refractivity contribution in [3.05, 3.63) is 22.7 Å². The molecule has 2 heterocycles. The third-order valence-electron chi connectivity index (χ3n) is 4.38. The van der Waals surface area contributed by atoms with E-state index >= 15 is 4.39 Å². The lowest BCUT2D eigenvalue weighted by molar-refractivity contribution is -0.159. The number of nitrogen functional groups attached to an aromatic ring is 1. The number of alkyl halides is 2. The minimum absolute atomic E-state index is 0.0940. The highest BCUT2D eigenvalue weighted by Crippen LogP contribution is 2.40. The molecular weight excluding hydrogens is 371 g/mol. The Bertz CT molecular complexity index is 732. The number of nitrogens with two attached hydrogens (primary N) is 2. The average molecular weight is 393 g/mol. The van der Waals surface area contributed by atoms with Crippen LogP contribution in [0.4, 0.5) is 10.2 Å². The fourth-order valence-corrected chi connectivity index (χ4v) is 2.84. The van der Waals surface area contributed by atoms with E-state index in [9.17, 15) is 14.7 Å². The van der Waals surface area contributed by atoms with E-state index in [2.05, 4.69) is 4.98 Å². The summed E-state index contributed by atoms with van der Waals surface area (Å²) in [6, 6.07) is 0.317. The van der Waals surface area contributed by atoms with E-state index in [4.69, 9.17) is 32.5 Å². The number of nitrogens with zero attached hydrogens (tertiary/aromatic N) is 2. The molecule has 1 aliphatic rings. The van der Waals surface area contributed by atoms with Crippen LogP contribution in [0.1, 0.15) is 13.8 Å². The fourth-order valence-electron chi connectivity index (χ4n) is 2.54. The Morgan fingerprint density at radius 2 is 2.31 bits per heavy atom. The third-order valence-corrected chi connectivity index (χ3v) is 4.83. The van der Waals surface area contributed by atoms with Crippen LogP contribution in [-0.4, -0.2) is 57.5 Å². The SMILES string of the molecule is CC(C)C(N)C(=O)OC[C@@]1(CCl)OC[C@](F)(n2ccc(N)nc2=O)[C@@H]1O. The van der Waals surface area contributed by atoms with E-state index in [1.54, 1.807) is 13.8 Å². The van der Waals surface area contributed by atoms with Gasteiger partial charge in [-0.25, -0.2) is 9.18 Å². The summed E-state index contributed by atoms with van der Waals surface area (Å²) in [5.41, 5.74) is 8.33. The smallest absolute Gasteiger partial charge is 0.352 e. The van der Waals surface area contributed by atoms with Crippen molar-refractivity contribution in [1.82, 2.24) is 9.55 Å². The molecule has 0 amide bonds. The monoisotopic (exact) mass is 392 g/mol. The molecule has 9 nitrogen and oxygen atoms in total. The van der Waals surface area contributed by atoms with E-state index in [-0.39, 0.29) is 17.6 Å². The molecule has 2 rings (SSSR count). The predicted molar refractivity (Wildman–Crippen MR) is 91.2 cm³/mol. The lowest BCUT2D eigenvalue weighted by atomic mass is 9.95. The Morgan fingerprint density at radius 3 is 2.85 bits per heavy atom. The summed E-state index contributed by atoms with van der Waals surface area (Å²) in [5, 5.41) is 10.5. The molecule has 1 unspecified atom stereocenters. The lowest BCUT2D eigenvalue weighted by Gasteiger charge is -2.32. The number of carbonyl (C=O) groups is 1. The topological polar surface area (TPSA) is 143 Å². The highest BCUT2D eigenvalue weighted by Gasteiger charge is 2.61. The number of aliphatic hydroxyl groups is 1. The van der Waals surface area contributed by atoms with Crippen LogP contribution in [0.3, 0.4) is 0 Å². The molecule has 146 valence electrons. The van der Waals surface area contributed by atoms with Gasteiger partial charge in [-0.3, -0.25) is 9.36 Å². The van der Waals surface area contributed by atoms with Gasteiger partial charge in [-0.05, 0) is 12.0 Å². The number of aliphatic hydroxyl groups excluding tert-OH is 1. The predicted octanol–water partition coefficient (Wildman–Crippen LogP) is -0.657. The molecule has 1 fully saturated rings. The summed E-state index contributed by atoms with van der Waals surface area (Å²) in [6.07, 6.45) is -0.846. The summed E-state index contributed by atoms with van der Waals surface area (Å²) >= 11 is 5.87. The maximum Gasteiger partial charge on any atom is 0.352 e. The van der Waals surface area contributed by atoms with Crippen molar-refractivity contribution in [2.75, 3.05) is 24.8 Å². The largest absolute Gasteiger partial charge is 0.461 e. The maximum absolute atomic E-state index is 15.4. The van der Waals surface area contributed by atoms with Gasteiger partial charge in [0.2, 0.25) is 5.79 Å². The minimum atomic E-state index is -2.65. The Labute approximate surface area is 154 Å². The Hall–Kier alpha value is -1.75. The molecule has 11 heteroatoms. The number of hydrogen-bond donors (Lipinski definition) is 3. The highest BCUT2D eigenvalue weighted by molar-refractivity contribution is 6.18. The summed E-state index contributed by atoms with van der Waals surface area (Å²) in [5.74, 6) is -4.05. The zero-order chi connectivity index (χ0) is 19.7. The first-order valence-corrected chi connectivity index (χ1v) is 8.45. The Balaban J connectivity index is 2.24. The highest BCUT2D eigenvalue weighted by atomic mass is 35.5. The average Bonchev–Trinajstić information content (AvgIpc) is 2.85. The number of halogens is 2. The fraction of sp³-hybridized carbons (Fsp3) is 0.667. The van der Waals surface area contributed by atoms with Crippen LogP contribution in [-0.2, 0) is 20.1 Å². The summed E-state index contributed by atoms with van der Waals surface area (Å²) in [6.45, 7) is 2.24. The van der Waals surface area contributed by atoms with Gasteiger partial charge < -0.3 is 26.0 Å². The first kappa shape index (κ1) is 20.6. The van der Waals surface area contributed by atoms with Gasteiger partial charge in [0.05, 0.1) is 5.88 Å². The van der Waals surface area contributed by atoms with Crippen LogP contribution < -0.4 is 17.2 Å². The summed E-state index contributed by atoms with van der Waals surface area (Å²) in [7, 11) is 0. The molecule has 26 heavy (non-hydrogen) atoms. The first-order valence-electron chi connectivity index (χ1n) is 7.92. The number of ether oxygens (including phenoxy) is 2. The van der Waals surface area contributed by atoms with Crippen molar-refractivity contribution >= 4 is 23.4 Å². The standard InChI is InChI=1S/C15H22ClFN4O5/c1-8(2)10(19)11(22)25-6-14(5-16)12(23)15(17,7-26-14)21-4-3-9(18)20-13(21)24/h3-4,8,10,12,23H,5-7,19H2,1-2H3,(H2,18,20,24)/t10?,12-,14-,15+/m1/s1. The molecular formula is C15H22ClFN4O5. The quantitative estimate of drug-likeness (QED) is 0.428. The molecule has 0 aliphatic carbocycles. The number of aromatic nitrogens is 2. The molecule has 0 aromatic carbocycles. The second-order valence-corrected chi connectivity index (χ2v) is 6.86. The van der Waals surface area contributed by atoms with Crippen LogP contribution in [0.15, 0.2) is 17.1 Å². The minimum Gasteiger partial charge on any atom is -0.461 e. The molecule has 1 aromatic heterocycles. The van der Waals surface area contributed by atoms with Crippen molar-refractivity contribution in [2.45, 2.75) is 37.4 Å². The number of carbonyl (C=O) groups excluding carboxylic acids is 1. The van der Waals surface area contributed by atoms with Crippen molar-refractivity contribution < 1.29 is 23.8 Å². The zero-order valence-corrected chi connectivity index (χ0v) is 15.1. The zero-order valence-electron chi connectivity index (χ0n) is 14.4. The lowest BCUT2D eigenvalue weighted by Crippen LogP contribution is -2.55. The van der Waals surface area contributed by atoms with Crippen molar-refractivity contribution in [2.24, 2.45) is 11.7 Å². The van der Waals surface area contributed by atoms with Crippen LogP contribution in [0, 0.1) is 5.92 Å². The van der Waals surface area contributed by atoms with Crippen molar-refractivity contribution in [3.8, 4) is 0 Å². The molecule has 0 radical (unpaired) electrons. The summed E-state index contributed by atoms with van der Waals surface area (Å²) < 4.78 is 26.4. The molecule has 4 atom stereocenters. The second kappa shape index (κ2) is 7.47. The molecule has 0 bridgehead atoms. The van der Waals surface area contributed by atoms with Gasteiger partial charge in [0, 0.05) is 6.20 Å². The van der Waals surface area contributed by atoms with E-state index in [1.807, 2.05) is 0 Å². The van der Waals surface area contributed by atoms with Gasteiger partial charge >= 0.3 is 11.7 Å². The van der Waals surface area contributed by atoms with Crippen LogP contribution >= 0.6 is 11.6 Å². The van der Waals surface area contributed by atoms with E-state index < -0.39 is 48.4 Å². The van der Waals surface area contributed by atoms with E-state index in [0.717, 1.165) is 6.20 Å². The molecule has 1 saturated heterocycles. The Kier molecular flexibility index (Phi) is 5.91.